The Morgan fingerprint density at radius 3 is 1.68 bits per heavy atom. The molecule has 0 unspecified atom stereocenters. The zero-order chi connectivity index (χ0) is 26.7. The van der Waals surface area contributed by atoms with Crippen molar-refractivity contribution in [1.29, 1.82) is 0 Å². The lowest BCUT2D eigenvalue weighted by molar-refractivity contribution is 1.18. The maximum atomic E-state index is 2.44. The zero-order valence-electron chi connectivity index (χ0n) is 22.1. The van der Waals surface area contributed by atoms with Gasteiger partial charge in [-0.3, -0.25) is 0 Å². The van der Waals surface area contributed by atoms with Crippen LogP contribution in [0.5, 0.6) is 0 Å². The van der Waals surface area contributed by atoms with Crippen molar-refractivity contribution in [2.45, 2.75) is 0 Å². The van der Waals surface area contributed by atoms with E-state index in [0.29, 0.717) is 0 Å². The van der Waals surface area contributed by atoms with Crippen LogP contribution in [-0.2, 0) is 0 Å². The van der Waals surface area contributed by atoms with Crippen molar-refractivity contribution in [2.24, 2.45) is 0 Å². The lowest BCUT2D eigenvalue weighted by Gasteiger charge is -2.08. The van der Waals surface area contributed by atoms with Crippen molar-refractivity contribution < 1.29 is 0 Å². The number of benzene rings is 6. The van der Waals surface area contributed by atoms with Gasteiger partial charge in [-0.1, -0.05) is 72.8 Å². The fourth-order valence-corrected chi connectivity index (χ4v) is 7.33. The van der Waals surface area contributed by atoms with E-state index in [2.05, 4.69) is 153 Å². The summed E-state index contributed by atoms with van der Waals surface area (Å²) >= 11 is 0. The van der Waals surface area contributed by atoms with Gasteiger partial charge in [0, 0.05) is 55.3 Å². The number of para-hydroxylation sites is 4. The van der Waals surface area contributed by atoms with E-state index in [0.717, 1.165) is 0 Å². The zero-order valence-corrected chi connectivity index (χ0v) is 22.1. The molecule has 0 N–H and O–H groups in total. The van der Waals surface area contributed by atoms with Crippen LogP contribution in [0, 0.1) is 0 Å². The minimum atomic E-state index is 1.18. The van der Waals surface area contributed by atoms with Gasteiger partial charge in [0.05, 0.1) is 33.1 Å². The Morgan fingerprint density at radius 2 is 0.951 bits per heavy atom. The fraction of sp³-hybridized carbons (Fsp3) is 0. The van der Waals surface area contributed by atoms with Crippen molar-refractivity contribution in [2.75, 3.05) is 0 Å². The summed E-state index contributed by atoms with van der Waals surface area (Å²) in [7, 11) is 0. The second kappa shape index (κ2) is 7.56. The van der Waals surface area contributed by atoms with Crippen LogP contribution in [0.3, 0.4) is 0 Å². The number of rotatable bonds is 2. The maximum absolute atomic E-state index is 2.44. The average Bonchev–Trinajstić information content (AvgIpc) is 3.77. The monoisotopic (exact) mass is 521 g/mol. The molecule has 0 atom stereocenters. The molecule has 0 aliphatic heterocycles. The van der Waals surface area contributed by atoms with Crippen LogP contribution >= 0.6 is 0 Å². The van der Waals surface area contributed by atoms with Gasteiger partial charge in [-0.05, 0) is 60.7 Å². The molecule has 6 aromatic carbocycles. The number of hydrogen-bond donors (Lipinski definition) is 0. The molecule has 10 rings (SSSR count). The standard InChI is InChI=1S/C38H23N3/c1-3-11-25(12-4-1)40-31-17-9-7-15-27(31)29-22-33-30(23-34(29)40)37-36-28-16-8-10-18-32(28)41(26-13-5-2-6-14-26)35(36)21-24-19-20-39(33)38(24)37/h1-23H. The molecule has 0 fully saturated rings. The predicted octanol–water partition coefficient (Wildman–Crippen LogP) is 9.88. The van der Waals surface area contributed by atoms with Crippen LogP contribution in [-0.4, -0.2) is 13.5 Å². The minimum Gasteiger partial charge on any atom is -0.315 e. The van der Waals surface area contributed by atoms with E-state index >= 15 is 0 Å². The lowest BCUT2D eigenvalue weighted by atomic mass is 10.0. The molecule has 3 heteroatoms. The summed E-state index contributed by atoms with van der Waals surface area (Å²) in [5.74, 6) is 0. The number of aromatic nitrogens is 3. The molecule has 3 nitrogen and oxygen atoms in total. The summed E-state index contributed by atoms with van der Waals surface area (Å²) in [5.41, 5.74) is 9.86. The summed E-state index contributed by atoms with van der Waals surface area (Å²) in [4.78, 5) is 0. The first-order valence-corrected chi connectivity index (χ1v) is 14.1. The van der Waals surface area contributed by atoms with Gasteiger partial charge in [0.25, 0.3) is 0 Å². The highest BCUT2D eigenvalue weighted by molar-refractivity contribution is 6.33. The van der Waals surface area contributed by atoms with Gasteiger partial charge < -0.3 is 13.5 Å². The van der Waals surface area contributed by atoms with Crippen molar-refractivity contribution >= 4 is 70.8 Å². The average molecular weight is 522 g/mol. The van der Waals surface area contributed by atoms with Crippen molar-refractivity contribution in [3.05, 3.63) is 140 Å². The highest BCUT2D eigenvalue weighted by Crippen LogP contribution is 2.45. The number of fused-ring (bicyclic) bond motifs is 10. The fourth-order valence-electron chi connectivity index (χ4n) is 7.33. The topological polar surface area (TPSA) is 14.3 Å². The Hall–Kier alpha value is -5.54. The van der Waals surface area contributed by atoms with Crippen LogP contribution in [0.4, 0.5) is 0 Å². The Bertz CT molecular complexity index is 2610. The molecule has 0 bridgehead atoms. The van der Waals surface area contributed by atoms with E-state index in [1.807, 2.05) is 0 Å². The molecule has 0 spiro atoms. The first-order valence-electron chi connectivity index (χ1n) is 14.1. The molecule has 0 aliphatic rings. The van der Waals surface area contributed by atoms with Gasteiger partial charge >= 0.3 is 0 Å². The molecule has 10 aromatic rings. The quantitative estimate of drug-likeness (QED) is 0.215. The summed E-state index contributed by atoms with van der Waals surface area (Å²) in [6.07, 6.45) is 2.25. The van der Waals surface area contributed by atoms with Crippen LogP contribution in [0.15, 0.2) is 140 Å². The van der Waals surface area contributed by atoms with Gasteiger partial charge in [0.15, 0.2) is 0 Å². The first kappa shape index (κ1) is 21.3. The Kier molecular flexibility index (Phi) is 3.93. The Labute approximate surface area is 235 Å². The van der Waals surface area contributed by atoms with Gasteiger partial charge in [-0.15, -0.1) is 0 Å². The third kappa shape index (κ3) is 2.63. The van der Waals surface area contributed by atoms with Crippen LogP contribution in [0.2, 0.25) is 0 Å². The van der Waals surface area contributed by atoms with Crippen LogP contribution < -0.4 is 0 Å². The molecule has 0 saturated heterocycles. The number of nitrogens with zero attached hydrogens (tertiary/aromatic N) is 3. The van der Waals surface area contributed by atoms with E-state index in [4.69, 9.17) is 0 Å². The van der Waals surface area contributed by atoms with Gasteiger partial charge in [-0.2, -0.15) is 0 Å². The third-order valence-corrected chi connectivity index (χ3v) is 8.96. The summed E-state index contributed by atoms with van der Waals surface area (Å²) in [5, 5.41) is 9.05. The molecule has 41 heavy (non-hydrogen) atoms. The van der Waals surface area contributed by atoms with E-state index < -0.39 is 0 Å². The van der Waals surface area contributed by atoms with Gasteiger partial charge in [0.1, 0.15) is 0 Å². The van der Waals surface area contributed by atoms with E-state index in [1.165, 1.54) is 82.2 Å². The SMILES string of the molecule is c1ccc(-n2c3ccccc3c3cc4c(cc32)c2c3c5ccccc5n(-c5ccccc5)c3cc3ccn4c32)cc1. The molecule has 4 heterocycles. The molecule has 0 aliphatic carbocycles. The van der Waals surface area contributed by atoms with Crippen molar-refractivity contribution in [1.82, 2.24) is 13.5 Å². The molecule has 0 saturated carbocycles. The smallest absolute Gasteiger partial charge is 0.0615 e. The van der Waals surface area contributed by atoms with E-state index in [9.17, 15) is 0 Å². The van der Waals surface area contributed by atoms with E-state index in [1.54, 1.807) is 0 Å². The van der Waals surface area contributed by atoms with Crippen molar-refractivity contribution in [3.8, 4) is 11.4 Å². The Balaban J connectivity index is 1.46. The molecular formula is C38H23N3. The normalized spacial score (nSPS) is 12.4. The predicted molar refractivity (Wildman–Crippen MR) is 172 cm³/mol. The molecular weight excluding hydrogens is 498 g/mol. The molecule has 190 valence electrons. The second-order valence-corrected chi connectivity index (χ2v) is 11.0. The largest absolute Gasteiger partial charge is 0.315 e. The van der Waals surface area contributed by atoms with Crippen LogP contribution in [0.1, 0.15) is 0 Å². The highest BCUT2D eigenvalue weighted by Gasteiger charge is 2.23. The first-order chi connectivity index (χ1) is 20.4. The lowest BCUT2D eigenvalue weighted by Crippen LogP contribution is -1.93. The van der Waals surface area contributed by atoms with Gasteiger partial charge in [-0.25, -0.2) is 0 Å². The highest BCUT2D eigenvalue weighted by atomic mass is 15.0. The second-order valence-electron chi connectivity index (χ2n) is 11.0. The maximum Gasteiger partial charge on any atom is 0.0615 e. The minimum absolute atomic E-state index is 1.18. The third-order valence-electron chi connectivity index (χ3n) is 8.96. The molecule has 0 amide bonds. The Morgan fingerprint density at radius 1 is 0.366 bits per heavy atom. The molecule has 4 aromatic heterocycles. The van der Waals surface area contributed by atoms with Gasteiger partial charge in [0.2, 0.25) is 0 Å². The van der Waals surface area contributed by atoms with Crippen molar-refractivity contribution in [3.63, 3.8) is 0 Å². The van der Waals surface area contributed by atoms with Crippen LogP contribution in [0.25, 0.3) is 82.2 Å². The van der Waals surface area contributed by atoms with E-state index in [-0.39, 0.29) is 0 Å². The number of hydrogen-bond acceptors (Lipinski definition) is 0. The summed E-state index contributed by atoms with van der Waals surface area (Å²) in [6, 6.07) is 48.6. The summed E-state index contributed by atoms with van der Waals surface area (Å²) in [6.45, 7) is 0. The summed E-state index contributed by atoms with van der Waals surface area (Å²) < 4.78 is 7.25. The molecule has 0 radical (unpaired) electrons.